The number of likely N-dealkylation sites (N-methyl/N-ethyl adjacent to an activating group) is 1. The number of rotatable bonds is 7. The molecule has 2 fully saturated rings. The molecule has 0 aromatic rings. The Morgan fingerprint density at radius 2 is 2.05 bits per heavy atom. The van der Waals surface area contributed by atoms with Crippen LogP contribution in [-0.2, 0) is 9.53 Å². The van der Waals surface area contributed by atoms with Crippen molar-refractivity contribution in [3.63, 3.8) is 0 Å². The lowest BCUT2D eigenvalue weighted by atomic mass is 9.84. The maximum absolute atomic E-state index is 12.1. The Hall–Kier alpha value is -0.650. The number of nitrogens with two attached hydrogens (primary N) is 1. The van der Waals surface area contributed by atoms with Crippen LogP contribution in [-0.4, -0.2) is 57.2 Å². The highest BCUT2D eigenvalue weighted by atomic mass is 16.5. The Balaban J connectivity index is 1.60. The molecule has 2 saturated carbocycles. The van der Waals surface area contributed by atoms with Crippen molar-refractivity contribution in [1.82, 2.24) is 10.2 Å². The van der Waals surface area contributed by atoms with Gasteiger partial charge in [-0.1, -0.05) is 0 Å². The highest BCUT2D eigenvalue weighted by Crippen LogP contribution is 2.47. The minimum Gasteiger partial charge on any atom is -0.378 e. The molecule has 19 heavy (non-hydrogen) atoms. The van der Waals surface area contributed by atoms with E-state index in [1.165, 1.54) is 12.8 Å². The molecular formula is C14H27N3O2. The molecule has 110 valence electrons. The molecule has 1 amide bonds. The lowest BCUT2D eigenvalue weighted by molar-refractivity contribution is -0.127. The molecule has 2 aliphatic carbocycles. The Morgan fingerprint density at radius 1 is 1.32 bits per heavy atom. The third-order valence-electron chi connectivity index (χ3n) is 4.51. The van der Waals surface area contributed by atoms with Crippen molar-refractivity contribution in [1.29, 1.82) is 0 Å². The van der Waals surface area contributed by atoms with Gasteiger partial charge in [-0.2, -0.15) is 0 Å². The van der Waals surface area contributed by atoms with Crippen LogP contribution in [0.2, 0.25) is 0 Å². The van der Waals surface area contributed by atoms with E-state index in [9.17, 15) is 4.79 Å². The van der Waals surface area contributed by atoms with E-state index in [0.717, 1.165) is 13.0 Å². The van der Waals surface area contributed by atoms with Gasteiger partial charge < -0.3 is 20.7 Å². The van der Waals surface area contributed by atoms with Gasteiger partial charge in [0.1, 0.15) is 0 Å². The molecule has 5 heteroatoms. The van der Waals surface area contributed by atoms with E-state index in [-0.39, 0.29) is 17.9 Å². The predicted octanol–water partition coefficient (Wildman–Crippen LogP) is 0.0542. The molecule has 2 aliphatic rings. The van der Waals surface area contributed by atoms with Crippen molar-refractivity contribution in [3.05, 3.63) is 0 Å². The van der Waals surface area contributed by atoms with E-state index < -0.39 is 0 Å². The average Bonchev–Trinajstić information content (AvgIpc) is 2.93. The topological polar surface area (TPSA) is 67.6 Å². The summed E-state index contributed by atoms with van der Waals surface area (Å²) in [5.74, 6) is 1.28. The van der Waals surface area contributed by atoms with Crippen LogP contribution in [0.25, 0.3) is 0 Å². The summed E-state index contributed by atoms with van der Waals surface area (Å²) in [5.41, 5.74) is 6.15. The number of hydrogen-bond donors (Lipinski definition) is 2. The molecule has 0 radical (unpaired) electrons. The van der Waals surface area contributed by atoms with Gasteiger partial charge in [-0.3, -0.25) is 4.79 Å². The molecule has 4 unspecified atom stereocenters. The zero-order chi connectivity index (χ0) is 13.8. The number of ether oxygens (including phenoxy) is 1. The molecule has 2 rings (SSSR count). The quantitative estimate of drug-likeness (QED) is 0.641. The Bertz CT molecular complexity index is 307. The average molecular weight is 269 g/mol. The first-order valence-electron chi connectivity index (χ1n) is 7.35. The summed E-state index contributed by atoms with van der Waals surface area (Å²) < 4.78 is 5.46. The second-order valence-electron chi connectivity index (χ2n) is 6.14. The van der Waals surface area contributed by atoms with Crippen LogP contribution in [0.5, 0.6) is 0 Å². The van der Waals surface area contributed by atoms with E-state index in [2.05, 4.69) is 10.2 Å². The summed E-state index contributed by atoms with van der Waals surface area (Å²) in [6, 6.07) is 0.0772. The summed E-state index contributed by atoms with van der Waals surface area (Å²) in [5, 5.41) is 2.97. The summed E-state index contributed by atoms with van der Waals surface area (Å²) in [4.78, 5) is 14.2. The van der Waals surface area contributed by atoms with Crippen molar-refractivity contribution >= 4 is 5.91 Å². The Kier molecular flexibility index (Phi) is 5.19. The third kappa shape index (κ3) is 3.68. The maximum Gasteiger partial charge on any atom is 0.225 e. The number of hydrogen-bond acceptors (Lipinski definition) is 4. The van der Waals surface area contributed by atoms with Gasteiger partial charge in [0.25, 0.3) is 0 Å². The Morgan fingerprint density at radius 3 is 2.68 bits per heavy atom. The van der Waals surface area contributed by atoms with Crippen LogP contribution in [0.3, 0.4) is 0 Å². The monoisotopic (exact) mass is 269 g/mol. The minimum atomic E-state index is 0.0422. The number of nitrogens with one attached hydrogen (secondary N) is 1. The van der Waals surface area contributed by atoms with Crippen LogP contribution < -0.4 is 11.1 Å². The van der Waals surface area contributed by atoms with Gasteiger partial charge in [-0.25, -0.2) is 0 Å². The van der Waals surface area contributed by atoms with Crippen molar-refractivity contribution in [2.75, 3.05) is 40.4 Å². The van der Waals surface area contributed by atoms with E-state index in [4.69, 9.17) is 10.5 Å². The van der Waals surface area contributed by atoms with Crippen molar-refractivity contribution in [2.45, 2.75) is 25.3 Å². The second kappa shape index (κ2) is 6.68. The molecule has 0 spiro atoms. The lowest BCUT2D eigenvalue weighted by Crippen LogP contribution is -2.46. The first kappa shape index (κ1) is 14.8. The van der Waals surface area contributed by atoms with Gasteiger partial charge in [0, 0.05) is 19.1 Å². The summed E-state index contributed by atoms with van der Waals surface area (Å²) in [6.07, 6.45) is 3.54. The lowest BCUT2D eigenvalue weighted by Gasteiger charge is -2.27. The zero-order valence-electron chi connectivity index (χ0n) is 12.1. The summed E-state index contributed by atoms with van der Waals surface area (Å²) in [6.45, 7) is 2.78. The molecule has 0 aromatic carbocycles. The number of nitrogens with zero attached hydrogens (tertiary/aromatic N) is 1. The fourth-order valence-corrected chi connectivity index (χ4v) is 3.44. The smallest absolute Gasteiger partial charge is 0.225 e. The zero-order valence-corrected chi connectivity index (χ0v) is 12.1. The molecule has 0 aromatic heterocycles. The van der Waals surface area contributed by atoms with Crippen molar-refractivity contribution < 1.29 is 9.53 Å². The normalized spacial score (nSPS) is 33.1. The van der Waals surface area contributed by atoms with Gasteiger partial charge in [0.15, 0.2) is 0 Å². The maximum atomic E-state index is 12.1. The van der Waals surface area contributed by atoms with E-state index in [0.29, 0.717) is 31.6 Å². The van der Waals surface area contributed by atoms with Crippen LogP contribution in [0.1, 0.15) is 19.3 Å². The fourth-order valence-electron chi connectivity index (χ4n) is 3.44. The first-order chi connectivity index (χ1) is 9.09. The molecule has 2 bridgehead atoms. The summed E-state index contributed by atoms with van der Waals surface area (Å²) in [7, 11) is 4.03. The van der Waals surface area contributed by atoms with Crippen LogP contribution in [0.4, 0.5) is 0 Å². The highest BCUT2D eigenvalue weighted by molar-refractivity contribution is 5.80. The van der Waals surface area contributed by atoms with Gasteiger partial charge in [0.05, 0.1) is 19.1 Å². The van der Waals surface area contributed by atoms with E-state index >= 15 is 0 Å². The van der Waals surface area contributed by atoms with Gasteiger partial charge >= 0.3 is 0 Å². The molecule has 4 atom stereocenters. The number of amides is 1. The predicted molar refractivity (Wildman–Crippen MR) is 74.7 cm³/mol. The van der Waals surface area contributed by atoms with Gasteiger partial charge in [-0.05, 0) is 45.2 Å². The van der Waals surface area contributed by atoms with E-state index in [1.807, 2.05) is 14.1 Å². The highest BCUT2D eigenvalue weighted by Gasteiger charge is 2.48. The summed E-state index contributed by atoms with van der Waals surface area (Å²) >= 11 is 0. The Labute approximate surface area is 115 Å². The van der Waals surface area contributed by atoms with Crippen molar-refractivity contribution in [3.8, 4) is 0 Å². The molecule has 0 aliphatic heterocycles. The second-order valence-corrected chi connectivity index (χ2v) is 6.14. The van der Waals surface area contributed by atoms with Crippen LogP contribution >= 0.6 is 0 Å². The van der Waals surface area contributed by atoms with Crippen LogP contribution in [0.15, 0.2) is 0 Å². The number of carbonyl (C=O) groups excluding carboxylic acids is 1. The first-order valence-corrected chi connectivity index (χ1v) is 7.35. The van der Waals surface area contributed by atoms with Crippen molar-refractivity contribution in [2.24, 2.45) is 23.5 Å². The number of fused-ring (bicyclic) bond motifs is 2. The third-order valence-corrected chi connectivity index (χ3v) is 4.51. The van der Waals surface area contributed by atoms with E-state index in [1.54, 1.807) is 0 Å². The molecule has 0 heterocycles. The fraction of sp³-hybridized carbons (Fsp3) is 0.929. The largest absolute Gasteiger partial charge is 0.378 e. The minimum absolute atomic E-state index is 0.0422. The number of carbonyl (C=O) groups is 1. The van der Waals surface area contributed by atoms with Crippen LogP contribution in [0, 0.1) is 17.8 Å². The molecular weight excluding hydrogens is 242 g/mol. The molecule has 5 nitrogen and oxygen atoms in total. The molecule has 3 N–H and O–H groups in total. The standard InChI is InChI=1S/C14H27N3O2/c1-17(2)6-8-19-7-5-16-14(18)12-10-3-4-11(9-10)13(12)15/h10-13H,3-9,15H2,1-2H3,(H,16,18). The van der Waals surface area contributed by atoms with Gasteiger partial charge in [0.2, 0.25) is 5.91 Å². The van der Waals surface area contributed by atoms with Gasteiger partial charge in [-0.15, -0.1) is 0 Å². The SMILES string of the molecule is CN(C)CCOCCNC(=O)C1C2CCC(C2)C1N. The molecule has 0 saturated heterocycles.